The lowest BCUT2D eigenvalue weighted by molar-refractivity contribution is -0.141. The Morgan fingerprint density at radius 2 is 1.73 bits per heavy atom. The summed E-state index contributed by atoms with van der Waals surface area (Å²) in [5, 5.41) is 5.84. The number of alkyl carbamates (subject to hydrolysis) is 1. The average molecular weight is 818 g/mol. The van der Waals surface area contributed by atoms with Gasteiger partial charge in [0.25, 0.3) is 5.91 Å². The van der Waals surface area contributed by atoms with E-state index in [-0.39, 0.29) is 44.8 Å². The molecule has 2 aromatic carbocycles. The summed E-state index contributed by atoms with van der Waals surface area (Å²) in [7, 11) is -4.22. The number of fused-ring (bicyclic) bond motifs is 3. The summed E-state index contributed by atoms with van der Waals surface area (Å²) in [5.74, 6) is -3.54. The van der Waals surface area contributed by atoms with Gasteiger partial charge in [-0.15, -0.1) is 0 Å². The van der Waals surface area contributed by atoms with Gasteiger partial charge in [0.2, 0.25) is 21.8 Å². The minimum absolute atomic E-state index is 0.0127. The molecule has 4 aliphatic rings. The molecule has 3 fully saturated rings. The third-order valence-corrected chi connectivity index (χ3v) is 12.1. The van der Waals surface area contributed by atoms with Crippen LogP contribution < -0.4 is 15.4 Å². The lowest BCUT2D eigenvalue weighted by Crippen LogP contribution is -2.58. The number of halogens is 2. The summed E-state index contributed by atoms with van der Waals surface area (Å²) in [6.45, 7) is 4.97. The average Bonchev–Trinajstić information content (AvgIpc) is 3.40. The van der Waals surface area contributed by atoms with E-state index in [1.54, 1.807) is 51.1 Å². The van der Waals surface area contributed by atoms with Crippen molar-refractivity contribution in [2.45, 2.75) is 127 Å². The third kappa shape index (κ3) is 9.92. The molecule has 17 heteroatoms. The van der Waals surface area contributed by atoms with E-state index in [2.05, 4.69) is 15.4 Å². The molecule has 0 spiro atoms. The second-order valence-corrected chi connectivity index (χ2v) is 18.4. The van der Waals surface area contributed by atoms with Crippen molar-refractivity contribution < 1.29 is 46.3 Å². The number of benzene rings is 2. The maximum absolute atomic E-state index is 14.5. The highest BCUT2D eigenvalue weighted by Crippen LogP contribution is 2.48. The fourth-order valence-corrected chi connectivity index (χ4v) is 9.23. The van der Waals surface area contributed by atoms with E-state index in [0.29, 0.717) is 34.6 Å². The third-order valence-electron chi connectivity index (χ3n) is 10.7. The monoisotopic (exact) mass is 817 g/mol. The largest absolute Gasteiger partial charge is 0.444 e. The summed E-state index contributed by atoms with van der Waals surface area (Å²) in [6, 6.07) is 8.50. The number of sulfonamides is 1. The summed E-state index contributed by atoms with van der Waals surface area (Å²) >= 11 is 6.05. The Morgan fingerprint density at radius 3 is 2.45 bits per heavy atom. The molecule has 1 saturated carbocycles. The van der Waals surface area contributed by atoms with Crippen molar-refractivity contribution in [1.29, 1.82) is 0 Å². The molecule has 1 aliphatic carbocycles. The van der Waals surface area contributed by atoms with Gasteiger partial charge in [-0.25, -0.2) is 22.4 Å². The summed E-state index contributed by atoms with van der Waals surface area (Å²) in [6.07, 6.45) is 1.98. The zero-order valence-electron chi connectivity index (χ0n) is 31.8. The first-order valence-corrected chi connectivity index (χ1v) is 21.1. The molecule has 0 radical (unpaired) electrons. The molecule has 0 aromatic heterocycles. The second kappa shape index (κ2) is 16.6. The van der Waals surface area contributed by atoms with E-state index in [4.69, 9.17) is 21.1 Å². The van der Waals surface area contributed by atoms with Crippen LogP contribution in [0.25, 0.3) is 0 Å². The van der Waals surface area contributed by atoms with Gasteiger partial charge in [-0.05, 0) is 75.3 Å². The van der Waals surface area contributed by atoms with Gasteiger partial charge in [0, 0.05) is 23.6 Å². The number of amides is 5. The van der Waals surface area contributed by atoms with Crippen molar-refractivity contribution in [1.82, 2.24) is 25.2 Å². The summed E-state index contributed by atoms with van der Waals surface area (Å²) in [4.78, 5) is 71.6. The van der Waals surface area contributed by atoms with Crippen molar-refractivity contribution in [3.63, 3.8) is 0 Å². The molecule has 6 rings (SSSR count). The lowest BCUT2D eigenvalue weighted by Gasteiger charge is -2.30. The number of nitrogens with one attached hydrogen (secondary N) is 3. The smallest absolute Gasteiger partial charge is 0.410 e. The van der Waals surface area contributed by atoms with Gasteiger partial charge in [-0.2, -0.15) is 0 Å². The van der Waals surface area contributed by atoms with E-state index >= 15 is 0 Å². The first-order valence-electron chi connectivity index (χ1n) is 19.1. The SMILES string of the molecule is CC(C)(C)OC(=O)N[C@H]1CCCCCCC[C@@H]2C[C@@]2(C(=O)NS(=O)(=O)Cc2cccc(Cl)c2)NC(=O)[C@@H]2C[C@@H](OC(=O)N3Cc4cccc(F)c4C3)CN2C1=O. The first-order chi connectivity index (χ1) is 26.4. The molecule has 56 heavy (non-hydrogen) atoms. The van der Waals surface area contributed by atoms with Gasteiger partial charge in [-0.1, -0.05) is 68.0 Å². The zero-order chi connectivity index (χ0) is 40.4. The quantitative estimate of drug-likeness (QED) is 0.359. The number of ether oxygens (including phenoxy) is 2. The molecule has 5 atom stereocenters. The standard InChI is InChI=1S/C39H49ClFN5O9S/c1-38(2,3)55-36(50)42-31-16-8-6-4-5-7-13-26-19-39(26,35(49)44-56(52,53)23-24-11-9-14-27(40)17-24)43-33(47)32-18-28(21-46(32)34(31)48)54-37(51)45-20-25-12-10-15-30(41)29(25)22-45/h9-12,14-15,17,26,28,31-32H,4-8,13,16,18-23H2,1-3H3,(H,42,50)(H,43,47)(H,44,49)/t26-,28-,31+,32+,39-/m1/s1. The highest BCUT2D eigenvalue weighted by molar-refractivity contribution is 7.89. The second-order valence-electron chi connectivity index (χ2n) is 16.2. The van der Waals surface area contributed by atoms with E-state index in [1.807, 2.05) is 0 Å². The maximum atomic E-state index is 14.5. The Balaban J connectivity index is 1.24. The van der Waals surface area contributed by atoms with E-state index < -0.39 is 80.8 Å². The fraction of sp³-hybridized carbons (Fsp3) is 0.564. The van der Waals surface area contributed by atoms with E-state index in [9.17, 15) is 36.8 Å². The van der Waals surface area contributed by atoms with Crippen LogP contribution in [0.5, 0.6) is 0 Å². The number of rotatable bonds is 6. The van der Waals surface area contributed by atoms with Crippen molar-refractivity contribution in [2.24, 2.45) is 5.92 Å². The Labute approximate surface area is 331 Å². The normalized spacial score (nSPS) is 25.7. The van der Waals surface area contributed by atoms with Crippen LogP contribution in [-0.4, -0.2) is 84.0 Å². The van der Waals surface area contributed by atoms with Gasteiger partial charge >= 0.3 is 12.2 Å². The molecule has 0 unspecified atom stereocenters. The molecule has 0 bridgehead atoms. The Morgan fingerprint density at radius 1 is 1.02 bits per heavy atom. The minimum atomic E-state index is -4.22. The molecule has 304 valence electrons. The molecule has 3 heterocycles. The molecular weight excluding hydrogens is 769 g/mol. The van der Waals surface area contributed by atoms with Gasteiger partial charge < -0.3 is 25.0 Å². The highest BCUT2D eigenvalue weighted by Gasteiger charge is 2.62. The molecular formula is C39H49ClFN5O9S. The van der Waals surface area contributed by atoms with Crippen LogP contribution in [0.3, 0.4) is 0 Å². The Bertz CT molecular complexity index is 1980. The van der Waals surface area contributed by atoms with Gasteiger partial charge in [0.15, 0.2) is 0 Å². The lowest BCUT2D eigenvalue weighted by atomic mass is 10.0. The minimum Gasteiger partial charge on any atom is -0.444 e. The summed E-state index contributed by atoms with van der Waals surface area (Å²) < 4.78 is 54.4. The van der Waals surface area contributed by atoms with Crippen LogP contribution in [0.4, 0.5) is 14.0 Å². The van der Waals surface area contributed by atoms with E-state index in [0.717, 1.165) is 25.7 Å². The highest BCUT2D eigenvalue weighted by atomic mass is 35.5. The summed E-state index contributed by atoms with van der Waals surface area (Å²) in [5.41, 5.74) is -1.03. The van der Waals surface area contributed by atoms with Crippen LogP contribution in [-0.2, 0) is 52.7 Å². The van der Waals surface area contributed by atoms with Crippen LogP contribution in [0.2, 0.25) is 5.02 Å². The number of nitrogens with zero attached hydrogens (tertiary/aromatic N) is 2. The van der Waals surface area contributed by atoms with Crippen molar-refractivity contribution >= 4 is 51.5 Å². The topological polar surface area (TPSA) is 181 Å². The van der Waals surface area contributed by atoms with Crippen molar-refractivity contribution in [3.8, 4) is 0 Å². The van der Waals surface area contributed by atoms with Gasteiger partial charge in [0.1, 0.15) is 35.1 Å². The molecule has 2 saturated heterocycles. The van der Waals surface area contributed by atoms with Crippen molar-refractivity contribution in [3.05, 3.63) is 70.0 Å². The zero-order valence-corrected chi connectivity index (χ0v) is 33.3. The number of carbonyl (C=O) groups excluding carboxylic acids is 5. The molecule has 3 N–H and O–H groups in total. The van der Waals surface area contributed by atoms with Crippen LogP contribution >= 0.6 is 11.6 Å². The van der Waals surface area contributed by atoms with Crippen LogP contribution in [0.1, 0.15) is 95.2 Å². The molecule has 2 aromatic rings. The van der Waals surface area contributed by atoms with Gasteiger partial charge in [0.05, 0.1) is 18.8 Å². The van der Waals surface area contributed by atoms with E-state index in [1.165, 1.54) is 21.9 Å². The van der Waals surface area contributed by atoms with Crippen LogP contribution in [0, 0.1) is 11.7 Å². The first kappa shape index (κ1) is 41.2. The number of hydrogen-bond donors (Lipinski definition) is 3. The molecule has 5 amide bonds. The molecule has 14 nitrogen and oxygen atoms in total. The number of hydrogen-bond acceptors (Lipinski definition) is 9. The predicted octanol–water partition coefficient (Wildman–Crippen LogP) is 5.06. The fourth-order valence-electron chi connectivity index (χ4n) is 7.86. The molecule has 3 aliphatic heterocycles. The van der Waals surface area contributed by atoms with Crippen LogP contribution in [0.15, 0.2) is 42.5 Å². The Kier molecular flexibility index (Phi) is 12.2. The van der Waals surface area contributed by atoms with Gasteiger partial charge in [-0.3, -0.25) is 24.0 Å². The predicted molar refractivity (Wildman–Crippen MR) is 203 cm³/mol. The maximum Gasteiger partial charge on any atom is 0.410 e. The number of carbonyl (C=O) groups is 5. The van der Waals surface area contributed by atoms with Crippen molar-refractivity contribution in [2.75, 3.05) is 6.54 Å². The Hall–Kier alpha value is -4.44.